The Morgan fingerprint density at radius 1 is 1.37 bits per heavy atom. The van der Waals surface area contributed by atoms with Gasteiger partial charge >= 0.3 is 5.97 Å². The number of carboxylic acids is 1. The van der Waals surface area contributed by atoms with E-state index >= 15 is 0 Å². The van der Waals surface area contributed by atoms with Gasteiger partial charge in [-0.15, -0.1) is 0 Å². The molecule has 19 heavy (non-hydrogen) atoms. The summed E-state index contributed by atoms with van der Waals surface area (Å²) in [6.45, 7) is 5.33. The van der Waals surface area contributed by atoms with Crippen LogP contribution in [0.3, 0.4) is 0 Å². The molecule has 0 amide bonds. The molecule has 0 atom stereocenters. The number of aromatic nitrogens is 3. The third-order valence-electron chi connectivity index (χ3n) is 2.62. The Hall–Kier alpha value is -2.63. The van der Waals surface area contributed by atoms with Crippen LogP contribution in [-0.2, 0) is 6.42 Å². The minimum Gasteiger partial charge on any atom is -0.506 e. The summed E-state index contributed by atoms with van der Waals surface area (Å²) < 4.78 is 1.68. The molecule has 0 saturated carbocycles. The van der Waals surface area contributed by atoms with Crippen LogP contribution >= 0.6 is 0 Å². The van der Waals surface area contributed by atoms with Gasteiger partial charge in [-0.1, -0.05) is 13.5 Å². The Morgan fingerprint density at radius 3 is 2.58 bits per heavy atom. The largest absolute Gasteiger partial charge is 0.506 e. The number of rotatable bonds is 4. The Morgan fingerprint density at radius 2 is 2.05 bits per heavy atom. The molecule has 0 radical (unpaired) electrons. The molecule has 6 heteroatoms. The highest BCUT2D eigenvalue weighted by atomic mass is 16.4. The molecule has 2 heterocycles. The summed E-state index contributed by atoms with van der Waals surface area (Å²) in [7, 11) is 0. The highest BCUT2D eigenvalue weighted by molar-refractivity contribution is 5.86. The van der Waals surface area contributed by atoms with Gasteiger partial charge in [-0.3, -0.25) is 0 Å². The van der Waals surface area contributed by atoms with Crippen molar-refractivity contribution in [1.82, 2.24) is 14.5 Å². The van der Waals surface area contributed by atoms with Gasteiger partial charge in [-0.05, 0) is 18.6 Å². The predicted octanol–water partition coefficient (Wildman–Crippen LogP) is 2.06. The third kappa shape index (κ3) is 2.62. The van der Waals surface area contributed by atoms with Gasteiger partial charge in [0.2, 0.25) is 0 Å². The van der Waals surface area contributed by atoms with Gasteiger partial charge in [0, 0.05) is 6.20 Å². The van der Waals surface area contributed by atoms with E-state index in [2.05, 4.69) is 16.5 Å². The topological polar surface area (TPSA) is 88.2 Å². The maximum atomic E-state index is 11.0. The molecule has 6 nitrogen and oxygen atoms in total. The molecule has 0 unspecified atom stereocenters. The molecule has 0 aliphatic carbocycles. The Labute approximate surface area is 109 Å². The zero-order chi connectivity index (χ0) is 14.0. The van der Waals surface area contributed by atoms with Crippen molar-refractivity contribution < 1.29 is 15.0 Å². The maximum Gasteiger partial charge on any atom is 0.354 e. The van der Waals surface area contributed by atoms with Crippen molar-refractivity contribution in [3.8, 4) is 5.69 Å². The van der Waals surface area contributed by atoms with Crippen LogP contribution in [-0.4, -0.2) is 30.7 Å². The summed E-state index contributed by atoms with van der Waals surface area (Å²) in [5.74, 6) is -1.44. The van der Waals surface area contributed by atoms with Crippen LogP contribution in [0.15, 0.2) is 31.2 Å². The van der Waals surface area contributed by atoms with E-state index in [-0.39, 0.29) is 17.1 Å². The number of nitrogens with zero attached hydrogens (tertiary/aromatic N) is 3. The minimum atomic E-state index is -1.17. The highest BCUT2D eigenvalue weighted by Crippen LogP contribution is 2.16. The van der Waals surface area contributed by atoms with Crippen LogP contribution in [0, 0.1) is 0 Å². The van der Waals surface area contributed by atoms with Crippen molar-refractivity contribution >= 4 is 11.7 Å². The predicted molar refractivity (Wildman–Crippen MR) is 69.4 cm³/mol. The van der Waals surface area contributed by atoms with Gasteiger partial charge in [0.15, 0.2) is 5.69 Å². The fourth-order valence-electron chi connectivity index (χ4n) is 1.61. The number of carboxylic acid groups (broad SMARTS) is 1. The number of hydrogen-bond donors (Lipinski definition) is 2. The fourth-order valence-corrected chi connectivity index (χ4v) is 1.61. The molecule has 0 aliphatic heterocycles. The number of aromatic carboxylic acids is 1. The van der Waals surface area contributed by atoms with Crippen LogP contribution in [0.2, 0.25) is 0 Å². The van der Waals surface area contributed by atoms with Crippen molar-refractivity contribution in [3.05, 3.63) is 48.3 Å². The summed E-state index contributed by atoms with van der Waals surface area (Å²) in [6, 6.07) is 2.96. The first-order chi connectivity index (χ1) is 9.01. The first kappa shape index (κ1) is 12.8. The van der Waals surface area contributed by atoms with E-state index < -0.39 is 5.97 Å². The number of pyridine rings is 1. The number of carbonyl (C=O) groups is 1. The normalized spacial score (nSPS) is 10.4. The average molecular weight is 259 g/mol. The molecule has 2 N–H and O–H groups in total. The van der Waals surface area contributed by atoms with Crippen LogP contribution < -0.4 is 0 Å². The highest BCUT2D eigenvalue weighted by Gasteiger charge is 2.11. The lowest BCUT2D eigenvalue weighted by Crippen LogP contribution is -2.05. The minimum absolute atomic E-state index is 0.127. The molecule has 2 rings (SSSR count). The summed E-state index contributed by atoms with van der Waals surface area (Å²) in [5.41, 5.74) is 1.42. The van der Waals surface area contributed by atoms with Gasteiger partial charge < -0.3 is 14.8 Å². The smallest absolute Gasteiger partial charge is 0.354 e. The van der Waals surface area contributed by atoms with Gasteiger partial charge in [0.1, 0.15) is 11.5 Å². The first-order valence-corrected chi connectivity index (χ1v) is 5.68. The van der Waals surface area contributed by atoms with Gasteiger partial charge in [-0.2, -0.15) is 0 Å². The standard InChI is InChI=1S/C13H13N3O3/c1-3-9-6-16(7-14-9)10-4-11(8(2)17)15-12(5-10)13(18)19/h4-7,17H,2-3H2,1H3,(H,18,19). The number of imidazole rings is 1. The van der Waals surface area contributed by atoms with Crippen molar-refractivity contribution in [2.75, 3.05) is 0 Å². The number of aliphatic hydroxyl groups excluding tert-OH is 1. The average Bonchev–Trinajstić information content (AvgIpc) is 2.86. The van der Waals surface area contributed by atoms with Crippen molar-refractivity contribution in [2.45, 2.75) is 13.3 Å². The molecule has 2 aromatic rings. The second kappa shape index (κ2) is 4.93. The van der Waals surface area contributed by atoms with E-state index in [1.807, 2.05) is 6.92 Å². The molecule has 0 bridgehead atoms. The van der Waals surface area contributed by atoms with E-state index in [0.717, 1.165) is 12.1 Å². The molecule has 2 aromatic heterocycles. The third-order valence-corrected chi connectivity index (χ3v) is 2.62. The second-order valence-corrected chi connectivity index (χ2v) is 3.97. The lowest BCUT2D eigenvalue weighted by molar-refractivity contribution is 0.0690. The molecule has 0 saturated heterocycles. The van der Waals surface area contributed by atoms with Gasteiger partial charge in [-0.25, -0.2) is 14.8 Å². The molecule has 98 valence electrons. The number of aryl methyl sites for hydroxylation is 1. The van der Waals surface area contributed by atoms with E-state index in [9.17, 15) is 9.90 Å². The van der Waals surface area contributed by atoms with E-state index in [1.54, 1.807) is 23.2 Å². The van der Waals surface area contributed by atoms with Crippen molar-refractivity contribution in [2.24, 2.45) is 0 Å². The molecule has 0 fully saturated rings. The zero-order valence-corrected chi connectivity index (χ0v) is 10.4. The summed E-state index contributed by atoms with van der Waals surface area (Å²) in [5, 5.41) is 18.4. The molecule has 0 aromatic carbocycles. The fraction of sp³-hybridized carbons (Fsp3) is 0.154. The lowest BCUT2D eigenvalue weighted by Gasteiger charge is -2.06. The monoisotopic (exact) mass is 259 g/mol. The molecule has 0 spiro atoms. The SMILES string of the molecule is C=C(O)c1cc(-n2cnc(CC)c2)cc(C(=O)O)n1. The lowest BCUT2D eigenvalue weighted by atomic mass is 10.2. The number of hydrogen-bond acceptors (Lipinski definition) is 4. The molecule has 0 aliphatic rings. The first-order valence-electron chi connectivity index (χ1n) is 5.68. The summed E-state index contributed by atoms with van der Waals surface area (Å²) in [4.78, 5) is 19.0. The second-order valence-electron chi connectivity index (χ2n) is 3.97. The Balaban J connectivity index is 2.55. The Kier molecular flexibility index (Phi) is 3.33. The van der Waals surface area contributed by atoms with Crippen molar-refractivity contribution in [1.29, 1.82) is 0 Å². The molecular weight excluding hydrogens is 246 g/mol. The van der Waals surface area contributed by atoms with Crippen LogP contribution in [0.25, 0.3) is 11.4 Å². The molecular formula is C13H13N3O3. The Bertz CT molecular complexity index is 614. The zero-order valence-electron chi connectivity index (χ0n) is 10.4. The van der Waals surface area contributed by atoms with Crippen LogP contribution in [0.5, 0.6) is 0 Å². The quantitative estimate of drug-likeness (QED) is 0.820. The maximum absolute atomic E-state index is 11.0. The van der Waals surface area contributed by atoms with E-state index in [4.69, 9.17) is 5.11 Å². The summed E-state index contributed by atoms with van der Waals surface area (Å²) >= 11 is 0. The summed E-state index contributed by atoms with van der Waals surface area (Å²) in [6.07, 6.45) is 4.16. The number of aliphatic hydroxyl groups is 1. The van der Waals surface area contributed by atoms with E-state index in [0.29, 0.717) is 5.69 Å². The van der Waals surface area contributed by atoms with Gasteiger partial charge in [0.05, 0.1) is 17.7 Å². The van der Waals surface area contributed by atoms with Crippen molar-refractivity contribution in [3.63, 3.8) is 0 Å². The van der Waals surface area contributed by atoms with Crippen LogP contribution in [0.1, 0.15) is 28.8 Å². The van der Waals surface area contributed by atoms with Crippen LogP contribution in [0.4, 0.5) is 0 Å². The van der Waals surface area contributed by atoms with E-state index in [1.165, 1.54) is 6.07 Å². The van der Waals surface area contributed by atoms with Gasteiger partial charge in [0.25, 0.3) is 0 Å².